The summed E-state index contributed by atoms with van der Waals surface area (Å²) >= 11 is 0. The molecule has 160 valence electrons. The highest BCUT2D eigenvalue weighted by molar-refractivity contribution is 5.39. The Kier molecular flexibility index (Phi) is 6.49. The lowest BCUT2D eigenvalue weighted by atomic mass is 9.88. The van der Waals surface area contributed by atoms with Gasteiger partial charge in [-0.1, -0.05) is 97.1 Å². The average molecular weight is 417 g/mol. The van der Waals surface area contributed by atoms with Crippen LogP contribution in [-0.4, -0.2) is 0 Å². The molecule has 0 saturated heterocycles. The normalized spacial score (nSPS) is 13.0. The molecule has 0 radical (unpaired) electrons. The second-order valence-electron chi connectivity index (χ2n) is 9.18. The Labute approximate surface area is 193 Å². The van der Waals surface area contributed by atoms with Crippen LogP contribution < -0.4 is 0 Å². The molecule has 0 spiro atoms. The van der Waals surface area contributed by atoms with Crippen molar-refractivity contribution < 1.29 is 0 Å². The first-order valence-corrected chi connectivity index (χ1v) is 12.1. The maximum atomic E-state index is 2.50. The lowest BCUT2D eigenvalue weighted by Gasteiger charge is -2.17. The number of hydrogen-bond donors (Lipinski definition) is 0. The van der Waals surface area contributed by atoms with Crippen molar-refractivity contribution in [2.75, 3.05) is 0 Å². The van der Waals surface area contributed by atoms with Crippen LogP contribution in [0.3, 0.4) is 0 Å². The predicted molar refractivity (Wildman–Crippen MR) is 135 cm³/mol. The van der Waals surface area contributed by atoms with E-state index in [1.54, 1.807) is 11.1 Å². The summed E-state index contributed by atoms with van der Waals surface area (Å²) in [4.78, 5) is 0. The zero-order chi connectivity index (χ0) is 21.6. The lowest BCUT2D eigenvalue weighted by molar-refractivity contribution is 0.853. The molecule has 0 heterocycles. The van der Waals surface area contributed by atoms with Gasteiger partial charge in [0.25, 0.3) is 0 Å². The van der Waals surface area contributed by atoms with E-state index < -0.39 is 0 Å². The Morgan fingerprint density at radius 1 is 0.406 bits per heavy atom. The van der Waals surface area contributed by atoms with E-state index in [2.05, 4.69) is 97.1 Å². The minimum absolute atomic E-state index is 1.12. The molecule has 0 aromatic heterocycles. The second kappa shape index (κ2) is 10.0. The van der Waals surface area contributed by atoms with Crippen molar-refractivity contribution in [1.29, 1.82) is 0 Å². The van der Waals surface area contributed by atoms with Gasteiger partial charge in [0.15, 0.2) is 0 Å². The van der Waals surface area contributed by atoms with Crippen molar-refractivity contribution >= 4 is 0 Å². The number of aryl methyl sites for hydroxylation is 8. The van der Waals surface area contributed by atoms with E-state index in [0.717, 1.165) is 51.4 Å². The maximum Gasteiger partial charge on any atom is -0.0235 e. The zero-order valence-corrected chi connectivity index (χ0v) is 18.9. The van der Waals surface area contributed by atoms with Crippen LogP contribution in [0.15, 0.2) is 97.1 Å². The molecule has 0 heteroatoms. The third kappa shape index (κ3) is 5.19. The Bertz CT molecular complexity index is 1060. The van der Waals surface area contributed by atoms with Gasteiger partial charge in [-0.25, -0.2) is 0 Å². The van der Waals surface area contributed by atoms with Gasteiger partial charge in [0.1, 0.15) is 0 Å². The van der Waals surface area contributed by atoms with Crippen molar-refractivity contribution in [3.05, 3.63) is 142 Å². The Morgan fingerprint density at radius 3 is 1.28 bits per heavy atom. The van der Waals surface area contributed by atoms with Gasteiger partial charge in [-0.05, 0) is 95.9 Å². The molecule has 4 bridgehead atoms. The fraction of sp³-hybridized carbons (Fsp3) is 0.250. The van der Waals surface area contributed by atoms with Crippen LogP contribution in [-0.2, 0) is 51.4 Å². The van der Waals surface area contributed by atoms with E-state index in [1.807, 2.05) is 0 Å². The third-order valence-electron chi connectivity index (χ3n) is 6.96. The minimum atomic E-state index is 1.12. The summed E-state index contributed by atoms with van der Waals surface area (Å²) in [5, 5.41) is 0. The summed E-state index contributed by atoms with van der Waals surface area (Å²) in [7, 11) is 0. The number of hydrogen-bond acceptors (Lipinski definition) is 0. The van der Waals surface area contributed by atoms with Gasteiger partial charge < -0.3 is 0 Å². The van der Waals surface area contributed by atoms with Gasteiger partial charge in [-0.15, -0.1) is 0 Å². The van der Waals surface area contributed by atoms with Crippen LogP contribution in [0.25, 0.3) is 0 Å². The summed E-state index contributed by atoms with van der Waals surface area (Å²) in [5.41, 5.74) is 12.0. The van der Waals surface area contributed by atoms with E-state index in [0.29, 0.717) is 0 Å². The van der Waals surface area contributed by atoms with Gasteiger partial charge in [-0.2, -0.15) is 0 Å². The molecule has 4 aliphatic rings. The lowest BCUT2D eigenvalue weighted by Crippen LogP contribution is -2.06. The van der Waals surface area contributed by atoms with E-state index in [9.17, 15) is 0 Å². The smallest absolute Gasteiger partial charge is 0.0235 e. The van der Waals surface area contributed by atoms with E-state index in [-0.39, 0.29) is 0 Å². The quantitative estimate of drug-likeness (QED) is 0.313. The van der Waals surface area contributed by atoms with Crippen LogP contribution in [0.1, 0.15) is 44.5 Å². The number of benzene rings is 4. The topological polar surface area (TPSA) is 0 Å². The van der Waals surface area contributed by atoms with Gasteiger partial charge >= 0.3 is 0 Å². The molecule has 0 unspecified atom stereocenters. The van der Waals surface area contributed by atoms with E-state index in [4.69, 9.17) is 0 Å². The van der Waals surface area contributed by atoms with E-state index >= 15 is 0 Å². The molecule has 0 aliphatic heterocycles. The monoisotopic (exact) mass is 416 g/mol. The first kappa shape index (κ1) is 20.8. The molecule has 0 nitrogen and oxygen atoms in total. The van der Waals surface area contributed by atoms with Crippen LogP contribution in [0.4, 0.5) is 0 Å². The largest absolute Gasteiger partial charge is 0.0622 e. The Hall–Kier alpha value is -3.12. The molecular formula is C32H32. The highest BCUT2D eigenvalue weighted by atomic mass is 14.2. The number of rotatable bonds is 6. The minimum Gasteiger partial charge on any atom is -0.0622 e. The average Bonchev–Trinajstić information content (AvgIpc) is 2.84. The molecule has 0 N–H and O–H groups in total. The SMILES string of the molecule is c1ccc(CCc2cc3ccc2CCc2ccc(c(CCc4ccccc4)c2)CC3)cc1. The highest BCUT2D eigenvalue weighted by Gasteiger charge is 2.11. The fourth-order valence-electron chi connectivity index (χ4n) is 5.03. The molecule has 0 fully saturated rings. The molecular weight excluding hydrogens is 384 g/mol. The molecule has 0 atom stereocenters. The second-order valence-corrected chi connectivity index (χ2v) is 9.18. The standard InChI is InChI=1S/C32H32/c1-3-7-25(8-4-1)11-21-31-23-27-13-17-29(31)19-15-28-14-18-30(20-16-27)32(24-28)22-12-26-9-5-2-6-10-26/h1-10,13-14,17-18,23-24H,11-12,15-16,19-22H2. The molecule has 8 rings (SSSR count). The van der Waals surface area contributed by atoms with Gasteiger partial charge in [-0.3, -0.25) is 0 Å². The van der Waals surface area contributed by atoms with Crippen LogP contribution in [0.5, 0.6) is 0 Å². The van der Waals surface area contributed by atoms with Crippen molar-refractivity contribution in [2.24, 2.45) is 0 Å². The van der Waals surface area contributed by atoms with Gasteiger partial charge in [0.2, 0.25) is 0 Å². The van der Waals surface area contributed by atoms with Crippen molar-refractivity contribution in [2.45, 2.75) is 51.4 Å². The van der Waals surface area contributed by atoms with Crippen LogP contribution in [0, 0.1) is 0 Å². The van der Waals surface area contributed by atoms with E-state index in [1.165, 1.54) is 33.4 Å². The van der Waals surface area contributed by atoms with Crippen LogP contribution >= 0.6 is 0 Å². The molecule has 0 saturated carbocycles. The molecule has 4 aromatic rings. The summed E-state index contributed by atoms with van der Waals surface area (Å²) in [5.74, 6) is 0. The highest BCUT2D eigenvalue weighted by Crippen LogP contribution is 2.23. The Balaban J connectivity index is 1.34. The summed E-state index contributed by atoms with van der Waals surface area (Å²) < 4.78 is 0. The predicted octanol–water partition coefficient (Wildman–Crippen LogP) is 7.14. The summed E-state index contributed by atoms with van der Waals surface area (Å²) in [6, 6.07) is 36.4. The van der Waals surface area contributed by atoms with Crippen molar-refractivity contribution in [3.63, 3.8) is 0 Å². The first-order valence-electron chi connectivity index (χ1n) is 12.1. The van der Waals surface area contributed by atoms with Crippen LogP contribution in [0.2, 0.25) is 0 Å². The Morgan fingerprint density at radius 2 is 0.844 bits per heavy atom. The molecule has 32 heavy (non-hydrogen) atoms. The first-order chi connectivity index (χ1) is 15.8. The zero-order valence-electron chi connectivity index (χ0n) is 18.9. The van der Waals surface area contributed by atoms with Crippen molar-refractivity contribution in [1.82, 2.24) is 0 Å². The maximum absolute atomic E-state index is 2.50. The summed E-state index contributed by atoms with van der Waals surface area (Å²) in [6.07, 6.45) is 9.00. The molecule has 4 aromatic carbocycles. The summed E-state index contributed by atoms with van der Waals surface area (Å²) in [6.45, 7) is 0. The van der Waals surface area contributed by atoms with Crippen molar-refractivity contribution in [3.8, 4) is 0 Å². The van der Waals surface area contributed by atoms with Gasteiger partial charge in [0, 0.05) is 0 Å². The molecule has 0 amide bonds. The fourth-order valence-corrected chi connectivity index (χ4v) is 5.03. The van der Waals surface area contributed by atoms with Gasteiger partial charge in [0.05, 0.1) is 0 Å². The third-order valence-corrected chi connectivity index (χ3v) is 6.96. The molecule has 4 aliphatic carbocycles.